The van der Waals surface area contributed by atoms with Gasteiger partial charge in [0.2, 0.25) is 0 Å². The lowest BCUT2D eigenvalue weighted by Gasteiger charge is -2.21. The molecule has 142 valence electrons. The predicted molar refractivity (Wildman–Crippen MR) is 96.5 cm³/mol. The number of nitrogens with zero attached hydrogens (tertiary/aromatic N) is 1. The maximum Gasteiger partial charge on any atom is 0.311 e. The van der Waals surface area contributed by atoms with E-state index < -0.39 is 15.4 Å². The summed E-state index contributed by atoms with van der Waals surface area (Å²) in [6.45, 7) is 4.10. The average Bonchev–Trinajstić information content (AvgIpc) is 3.12. The molecular formula is C18H23NO6S. The van der Waals surface area contributed by atoms with Crippen LogP contribution in [-0.2, 0) is 21.4 Å². The van der Waals surface area contributed by atoms with Gasteiger partial charge in [0.15, 0.2) is 5.76 Å². The molecule has 1 amide bonds. The largest absolute Gasteiger partial charge is 0.459 e. The molecule has 26 heavy (non-hydrogen) atoms. The van der Waals surface area contributed by atoms with Gasteiger partial charge in [0.05, 0.1) is 18.1 Å². The normalized spacial score (nSPS) is 11.5. The Hall–Kier alpha value is -2.32. The molecule has 0 N–H and O–H groups in total. The minimum Gasteiger partial charge on any atom is -0.459 e. The van der Waals surface area contributed by atoms with Gasteiger partial charge >= 0.3 is 10.1 Å². The lowest BCUT2D eigenvalue weighted by molar-refractivity contribution is 0.0649. The van der Waals surface area contributed by atoms with Gasteiger partial charge in [0, 0.05) is 20.2 Å². The van der Waals surface area contributed by atoms with Crippen molar-refractivity contribution < 1.29 is 26.5 Å². The highest BCUT2D eigenvalue weighted by molar-refractivity contribution is 7.87. The van der Waals surface area contributed by atoms with Crippen molar-refractivity contribution in [1.29, 1.82) is 0 Å². The summed E-state index contributed by atoms with van der Waals surface area (Å²) >= 11 is 0. The Balaban J connectivity index is 2.17. The minimum absolute atomic E-state index is 0.216. The lowest BCUT2D eigenvalue weighted by Crippen LogP contribution is -2.33. The maximum atomic E-state index is 12.6. The molecule has 0 unspecified atom stereocenters. The molecule has 0 atom stereocenters. The van der Waals surface area contributed by atoms with Crippen molar-refractivity contribution in [2.75, 3.05) is 20.3 Å². The average molecular weight is 381 g/mol. The molecule has 7 nitrogen and oxygen atoms in total. The van der Waals surface area contributed by atoms with Crippen LogP contribution in [0.5, 0.6) is 5.75 Å². The molecule has 8 heteroatoms. The highest BCUT2D eigenvalue weighted by Gasteiger charge is 2.20. The van der Waals surface area contributed by atoms with Crippen molar-refractivity contribution in [2.45, 2.75) is 25.6 Å². The molecular weight excluding hydrogens is 358 g/mol. The Morgan fingerprint density at radius 2 is 2.00 bits per heavy atom. The number of carbonyl (C=O) groups is 1. The summed E-state index contributed by atoms with van der Waals surface area (Å²) in [5.41, 5.74) is 0.734. The molecule has 0 aliphatic carbocycles. The summed E-state index contributed by atoms with van der Waals surface area (Å²) in [7, 11) is -2.12. The number of ether oxygens (including phenoxy) is 1. The zero-order chi connectivity index (χ0) is 19.2. The van der Waals surface area contributed by atoms with Gasteiger partial charge in [-0.3, -0.25) is 4.79 Å². The molecule has 1 heterocycles. The molecule has 0 fully saturated rings. The third kappa shape index (κ3) is 5.34. The molecule has 2 aromatic rings. The molecule has 0 aliphatic heterocycles. The van der Waals surface area contributed by atoms with Gasteiger partial charge in [-0.15, -0.1) is 0 Å². The van der Waals surface area contributed by atoms with Crippen LogP contribution in [0.4, 0.5) is 0 Å². The Bertz CT molecular complexity index is 814. The van der Waals surface area contributed by atoms with Gasteiger partial charge < -0.3 is 18.2 Å². The standard InChI is InChI=1S/C18H23NO6S/c1-14(2)26(21,22)25-16-7-4-6-15(12-16)13-19(9-11-23-3)18(20)17-8-5-10-24-17/h4-8,10,12,14H,9,11,13H2,1-3H3. The zero-order valence-electron chi connectivity index (χ0n) is 15.0. The van der Waals surface area contributed by atoms with Crippen molar-refractivity contribution in [2.24, 2.45) is 0 Å². The van der Waals surface area contributed by atoms with Crippen LogP contribution < -0.4 is 4.18 Å². The quantitative estimate of drug-likeness (QED) is 0.621. The Labute approximate surface area is 153 Å². The van der Waals surface area contributed by atoms with E-state index in [1.807, 2.05) is 0 Å². The zero-order valence-corrected chi connectivity index (χ0v) is 15.9. The summed E-state index contributed by atoms with van der Waals surface area (Å²) in [6.07, 6.45) is 1.44. The molecule has 0 aliphatic rings. The number of furan rings is 1. The van der Waals surface area contributed by atoms with Crippen LogP contribution in [0.25, 0.3) is 0 Å². The van der Waals surface area contributed by atoms with E-state index in [9.17, 15) is 13.2 Å². The van der Waals surface area contributed by atoms with Gasteiger partial charge in [0.25, 0.3) is 5.91 Å². The third-order valence-electron chi connectivity index (χ3n) is 3.65. The first-order valence-electron chi connectivity index (χ1n) is 8.17. The number of hydrogen-bond acceptors (Lipinski definition) is 6. The van der Waals surface area contributed by atoms with E-state index in [0.717, 1.165) is 5.56 Å². The van der Waals surface area contributed by atoms with E-state index in [4.69, 9.17) is 13.3 Å². The molecule has 0 radical (unpaired) electrons. The van der Waals surface area contributed by atoms with E-state index in [1.165, 1.54) is 6.26 Å². The number of carbonyl (C=O) groups excluding carboxylic acids is 1. The number of amides is 1. The minimum atomic E-state index is -3.68. The van der Waals surface area contributed by atoms with E-state index in [0.29, 0.717) is 13.2 Å². The monoisotopic (exact) mass is 381 g/mol. The SMILES string of the molecule is COCCN(Cc1cccc(OS(=O)(=O)C(C)C)c1)C(=O)c1ccco1. The van der Waals surface area contributed by atoms with Gasteiger partial charge in [-0.05, 0) is 43.7 Å². The van der Waals surface area contributed by atoms with Crippen LogP contribution in [0.15, 0.2) is 47.1 Å². The second-order valence-electron chi connectivity index (χ2n) is 5.97. The van der Waals surface area contributed by atoms with Crippen molar-refractivity contribution in [3.05, 3.63) is 54.0 Å². The Morgan fingerprint density at radius 1 is 1.23 bits per heavy atom. The second-order valence-corrected chi connectivity index (χ2v) is 8.06. The first-order valence-corrected chi connectivity index (χ1v) is 9.64. The first kappa shape index (κ1) is 20.0. The summed E-state index contributed by atoms with van der Waals surface area (Å²) in [4.78, 5) is 14.1. The van der Waals surface area contributed by atoms with Crippen LogP contribution in [0.1, 0.15) is 30.0 Å². The maximum absolute atomic E-state index is 12.6. The van der Waals surface area contributed by atoms with Crippen LogP contribution in [0.3, 0.4) is 0 Å². The Kier molecular flexibility index (Phi) is 6.82. The van der Waals surface area contributed by atoms with Crippen LogP contribution in [-0.4, -0.2) is 44.7 Å². The molecule has 0 saturated heterocycles. The molecule has 2 rings (SSSR count). The predicted octanol–water partition coefficient (Wildman–Crippen LogP) is 2.69. The second kappa shape index (κ2) is 8.86. The van der Waals surface area contributed by atoms with Crippen LogP contribution in [0, 0.1) is 0 Å². The fraction of sp³-hybridized carbons (Fsp3) is 0.389. The van der Waals surface area contributed by atoms with E-state index in [2.05, 4.69) is 0 Å². The van der Waals surface area contributed by atoms with Gasteiger partial charge in [-0.1, -0.05) is 12.1 Å². The van der Waals surface area contributed by atoms with Crippen molar-refractivity contribution in [1.82, 2.24) is 4.90 Å². The van der Waals surface area contributed by atoms with Crippen molar-refractivity contribution in [3.8, 4) is 5.75 Å². The fourth-order valence-corrected chi connectivity index (χ4v) is 2.72. The summed E-state index contributed by atoms with van der Waals surface area (Å²) in [6, 6.07) is 9.90. The van der Waals surface area contributed by atoms with Crippen LogP contribution in [0.2, 0.25) is 0 Å². The Morgan fingerprint density at radius 3 is 2.62 bits per heavy atom. The first-order chi connectivity index (χ1) is 12.3. The molecule has 0 spiro atoms. The highest BCUT2D eigenvalue weighted by atomic mass is 32.2. The molecule has 1 aromatic carbocycles. The molecule has 0 saturated carbocycles. The summed E-state index contributed by atoms with van der Waals surface area (Å²) in [5.74, 6) is 0.178. The van der Waals surface area contributed by atoms with Gasteiger partial charge in [-0.2, -0.15) is 8.42 Å². The summed E-state index contributed by atoms with van der Waals surface area (Å²) in [5, 5.41) is -0.648. The highest BCUT2D eigenvalue weighted by Crippen LogP contribution is 2.19. The lowest BCUT2D eigenvalue weighted by atomic mass is 10.2. The van der Waals surface area contributed by atoms with Crippen LogP contribution >= 0.6 is 0 Å². The topological polar surface area (TPSA) is 86.0 Å². The van der Waals surface area contributed by atoms with E-state index in [-0.39, 0.29) is 24.0 Å². The fourth-order valence-electron chi connectivity index (χ4n) is 2.16. The third-order valence-corrected chi connectivity index (χ3v) is 5.23. The molecule has 1 aromatic heterocycles. The molecule has 0 bridgehead atoms. The van der Waals surface area contributed by atoms with Gasteiger partial charge in [-0.25, -0.2) is 0 Å². The smallest absolute Gasteiger partial charge is 0.311 e. The van der Waals surface area contributed by atoms with Crippen molar-refractivity contribution >= 4 is 16.0 Å². The van der Waals surface area contributed by atoms with E-state index >= 15 is 0 Å². The number of rotatable bonds is 9. The van der Waals surface area contributed by atoms with Gasteiger partial charge in [0.1, 0.15) is 5.75 Å². The summed E-state index contributed by atoms with van der Waals surface area (Å²) < 4.78 is 39.2. The number of methoxy groups -OCH3 is 1. The van der Waals surface area contributed by atoms with E-state index in [1.54, 1.807) is 62.3 Å². The number of hydrogen-bond donors (Lipinski definition) is 0. The number of benzene rings is 1. The van der Waals surface area contributed by atoms with Crippen molar-refractivity contribution in [3.63, 3.8) is 0 Å².